The van der Waals surface area contributed by atoms with Crippen LogP contribution in [0.15, 0.2) is 36.9 Å². The number of hydrogen-bond acceptors (Lipinski definition) is 5. The monoisotopic (exact) mass is 448 g/mol. The highest BCUT2D eigenvalue weighted by molar-refractivity contribution is 6.34. The van der Waals surface area contributed by atoms with E-state index in [9.17, 15) is 24.6 Å². The first-order valence-electron chi connectivity index (χ1n) is 10.2. The van der Waals surface area contributed by atoms with Crippen LogP contribution in [0.2, 0.25) is 5.02 Å². The van der Waals surface area contributed by atoms with E-state index in [0.29, 0.717) is 23.6 Å². The maximum absolute atomic E-state index is 13.9. The van der Waals surface area contributed by atoms with E-state index < -0.39 is 46.9 Å². The van der Waals surface area contributed by atoms with Crippen molar-refractivity contribution in [2.24, 2.45) is 11.8 Å². The molecular formula is C22H25ClN2O6. The minimum atomic E-state index is -1.26. The highest BCUT2D eigenvalue weighted by Gasteiger charge is 2.78. The number of benzene rings is 1. The quantitative estimate of drug-likeness (QED) is 0.615. The number of carboxylic acids is 1. The molecule has 5 atom stereocenters. The van der Waals surface area contributed by atoms with Crippen molar-refractivity contribution >= 4 is 35.1 Å². The van der Waals surface area contributed by atoms with Crippen molar-refractivity contribution in [3.8, 4) is 0 Å². The Morgan fingerprint density at radius 1 is 1.39 bits per heavy atom. The molecule has 0 aliphatic carbocycles. The van der Waals surface area contributed by atoms with Gasteiger partial charge in [-0.3, -0.25) is 14.4 Å². The molecule has 1 aromatic rings. The van der Waals surface area contributed by atoms with E-state index in [0.717, 1.165) is 0 Å². The second-order valence-electron chi connectivity index (χ2n) is 8.51. The van der Waals surface area contributed by atoms with Gasteiger partial charge in [-0.2, -0.15) is 0 Å². The third-order valence-electron chi connectivity index (χ3n) is 6.84. The molecule has 0 saturated carbocycles. The van der Waals surface area contributed by atoms with Gasteiger partial charge in [-0.25, -0.2) is 0 Å². The normalized spacial score (nSPS) is 33.5. The molecule has 4 rings (SSSR count). The second-order valence-corrected chi connectivity index (χ2v) is 8.92. The Bertz CT molecular complexity index is 954. The van der Waals surface area contributed by atoms with Crippen LogP contribution in [0.1, 0.15) is 19.8 Å². The van der Waals surface area contributed by atoms with Gasteiger partial charge in [-0.15, -0.1) is 6.58 Å². The Morgan fingerprint density at radius 3 is 2.71 bits per heavy atom. The predicted octanol–water partition coefficient (Wildman–Crippen LogP) is 1.70. The summed E-state index contributed by atoms with van der Waals surface area (Å²) in [7, 11) is 0. The zero-order chi connectivity index (χ0) is 22.6. The molecule has 166 valence electrons. The number of carboxylic acid groups (broad SMARTS) is 1. The molecule has 3 heterocycles. The first-order chi connectivity index (χ1) is 14.7. The molecule has 2 N–H and O–H groups in total. The summed E-state index contributed by atoms with van der Waals surface area (Å²) >= 11 is 6.35. The molecule has 0 aromatic heterocycles. The number of aliphatic carboxylic acids is 1. The Hall–Kier alpha value is -2.42. The number of aliphatic hydroxyl groups is 1. The van der Waals surface area contributed by atoms with Crippen molar-refractivity contribution in [2.75, 3.05) is 24.6 Å². The van der Waals surface area contributed by atoms with Gasteiger partial charge >= 0.3 is 5.97 Å². The summed E-state index contributed by atoms with van der Waals surface area (Å²) in [6, 6.07) is 5.77. The van der Waals surface area contributed by atoms with Crippen LogP contribution < -0.4 is 4.90 Å². The highest BCUT2D eigenvalue weighted by Crippen LogP contribution is 2.63. The number of halogens is 1. The number of β-amino-alcohol motifs (C(OH)–C–C–N with tert-alkyl or cyclic N) is 1. The van der Waals surface area contributed by atoms with Gasteiger partial charge in [0.25, 0.3) is 5.91 Å². The summed E-state index contributed by atoms with van der Waals surface area (Å²) in [4.78, 5) is 42.1. The summed E-state index contributed by atoms with van der Waals surface area (Å²) in [5, 5.41) is 19.8. The average molecular weight is 449 g/mol. The molecule has 0 radical (unpaired) electrons. The molecule has 2 amide bonds. The van der Waals surface area contributed by atoms with Crippen LogP contribution in [0.3, 0.4) is 0 Å². The number of hydrogen-bond donors (Lipinski definition) is 2. The van der Waals surface area contributed by atoms with Crippen LogP contribution in [0.4, 0.5) is 5.69 Å². The zero-order valence-electron chi connectivity index (χ0n) is 17.2. The van der Waals surface area contributed by atoms with Gasteiger partial charge in [0, 0.05) is 13.1 Å². The van der Waals surface area contributed by atoms with E-state index >= 15 is 0 Å². The van der Waals surface area contributed by atoms with Crippen LogP contribution in [0, 0.1) is 11.8 Å². The summed E-state index contributed by atoms with van der Waals surface area (Å²) in [5.74, 6) is -4.07. The van der Waals surface area contributed by atoms with Crippen LogP contribution in [-0.2, 0) is 19.1 Å². The fourth-order valence-electron chi connectivity index (χ4n) is 5.68. The van der Waals surface area contributed by atoms with Gasteiger partial charge in [0.05, 0.1) is 34.8 Å². The predicted molar refractivity (Wildman–Crippen MR) is 113 cm³/mol. The lowest BCUT2D eigenvalue weighted by atomic mass is 9.66. The largest absolute Gasteiger partial charge is 0.481 e. The van der Waals surface area contributed by atoms with Gasteiger partial charge < -0.3 is 24.7 Å². The fourth-order valence-corrected chi connectivity index (χ4v) is 5.92. The number of ether oxygens (including phenoxy) is 1. The van der Waals surface area contributed by atoms with Crippen molar-refractivity contribution in [1.29, 1.82) is 0 Å². The standard InChI is InChI=1S/C22H25ClN2O6/c1-3-10-24(14-7-5-4-6-13(14)23)19(28)17-22-9-8-21(2,31-22)16(20(29)30)15(22)18(27)25(17)11-12-26/h3-7,15-17,26H,1,8-12H2,2H3,(H,29,30)/t15-,16+,17?,21-,22?/m0/s1. The van der Waals surface area contributed by atoms with E-state index in [2.05, 4.69) is 6.58 Å². The maximum atomic E-state index is 13.9. The van der Waals surface area contributed by atoms with Crippen LogP contribution in [0.5, 0.6) is 0 Å². The topological polar surface area (TPSA) is 107 Å². The number of likely N-dealkylation sites (tertiary alicyclic amines) is 1. The molecule has 31 heavy (non-hydrogen) atoms. The molecule has 2 unspecified atom stereocenters. The third-order valence-corrected chi connectivity index (χ3v) is 7.16. The van der Waals surface area contributed by atoms with Gasteiger partial charge in [-0.1, -0.05) is 29.8 Å². The van der Waals surface area contributed by atoms with Crippen molar-refractivity contribution in [3.63, 3.8) is 0 Å². The molecule has 9 heteroatoms. The number of rotatable bonds is 7. The molecular weight excluding hydrogens is 424 g/mol. The summed E-state index contributed by atoms with van der Waals surface area (Å²) in [6.07, 6.45) is 2.36. The SMILES string of the molecule is C=CCN(C(=O)C1N(CCO)C(=O)[C@@H]2[C@H](C(=O)O)[C@]3(C)CCC12O3)c1ccccc1Cl. The van der Waals surface area contributed by atoms with Crippen LogP contribution in [-0.4, -0.2) is 69.8 Å². The average Bonchev–Trinajstić information content (AvgIpc) is 3.28. The lowest BCUT2D eigenvalue weighted by Crippen LogP contribution is -2.57. The fraction of sp³-hybridized carbons (Fsp3) is 0.500. The lowest BCUT2D eigenvalue weighted by molar-refractivity contribution is -0.154. The number of carbonyl (C=O) groups excluding carboxylic acids is 2. The van der Waals surface area contributed by atoms with Crippen molar-refractivity contribution < 1.29 is 29.3 Å². The molecule has 3 aliphatic heterocycles. The molecule has 1 spiro atoms. The lowest BCUT2D eigenvalue weighted by Gasteiger charge is -2.36. The third kappa shape index (κ3) is 3.00. The molecule has 8 nitrogen and oxygen atoms in total. The smallest absolute Gasteiger partial charge is 0.310 e. The van der Waals surface area contributed by atoms with E-state index in [1.807, 2.05) is 0 Å². The van der Waals surface area contributed by atoms with E-state index in [1.165, 1.54) is 9.80 Å². The van der Waals surface area contributed by atoms with Crippen molar-refractivity contribution in [2.45, 2.75) is 37.0 Å². The molecule has 3 aliphatic rings. The van der Waals surface area contributed by atoms with Crippen molar-refractivity contribution in [3.05, 3.63) is 41.9 Å². The Morgan fingerprint density at radius 2 is 2.10 bits per heavy atom. The summed E-state index contributed by atoms with van der Waals surface area (Å²) in [5.41, 5.74) is -1.83. The summed E-state index contributed by atoms with van der Waals surface area (Å²) in [6.45, 7) is 5.11. The second kappa shape index (κ2) is 7.62. The Balaban J connectivity index is 1.82. The van der Waals surface area contributed by atoms with E-state index in [1.54, 1.807) is 37.3 Å². The number of carbonyl (C=O) groups is 3. The van der Waals surface area contributed by atoms with Gasteiger partial charge in [-0.05, 0) is 31.9 Å². The number of nitrogens with zero attached hydrogens (tertiary/aromatic N) is 2. The highest BCUT2D eigenvalue weighted by atomic mass is 35.5. The van der Waals surface area contributed by atoms with Crippen LogP contribution >= 0.6 is 11.6 Å². The zero-order valence-corrected chi connectivity index (χ0v) is 17.9. The van der Waals surface area contributed by atoms with E-state index in [-0.39, 0.29) is 19.7 Å². The number of anilines is 1. The number of para-hydroxylation sites is 1. The van der Waals surface area contributed by atoms with Gasteiger partial charge in [0.15, 0.2) is 0 Å². The minimum absolute atomic E-state index is 0.0929. The first kappa shape index (κ1) is 21.8. The van der Waals surface area contributed by atoms with Crippen molar-refractivity contribution in [1.82, 2.24) is 4.90 Å². The molecule has 3 fully saturated rings. The first-order valence-corrected chi connectivity index (χ1v) is 10.6. The Labute approximate surface area is 185 Å². The van der Waals surface area contributed by atoms with Crippen LogP contribution in [0.25, 0.3) is 0 Å². The maximum Gasteiger partial charge on any atom is 0.310 e. The Kier molecular flexibility index (Phi) is 5.36. The van der Waals surface area contributed by atoms with E-state index in [4.69, 9.17) is 16.3 Å². The number of aliphatic hydroxyl groups excluding tert-OH is 1. The van der Waals surface area contributed by atoms with Gasteiger partial charge in [0.2, 0.25) is 5.91 Å². The number of amides is 2. The minimum Gasteiger partial charge on any atom is -0.481 e. The molecule has 1 aromatic carbocycles. The van der Waals surface area contributed by atoms with Gasteiger partial charge in [0.1, 0.15) is 11.6 Å². The molecule has 3 saturated heterocycles. The summed E-state index contributed by atoms with van der Waals surface area (Å²) < 4.78 is 6.29. The molecule has 2 bridgehead atoms. The number of fused-ring (bicyclic) bond motifs is 1.